The van der Waals surface area contributed by atoms with E-state index in [1.807, 2.05) is 24.3 Å². The average Bonchev–Trinajstić information content (AvgIpc) is 2.85. The standard InChI is InChI=1S/C16H19NO3S/c1-4-20-16(19)14-9-12-7-5-6-8-13(12)17(14)15(21)10(2)11(3)18/h5-8,10,14H,4,9H2,1-3H3. The third kappa shape index (κ3) is 2.97. The predicted molar refractivity (Wildman–Crippen MR) is 85.5 cm³/mol. The fourth-order valence-corrected chi connectivity index (χ4v) is 2.86. The molecular formula is C16H19NO3S. The first kappa shape index (κ1) is 15.6. The summed E-state index contributed by atoms with van der Waals surface area (Å²) in [4.78, 5) is 26.1. The molecule has 1 heterocycles. The molecule has 2 atom stereocenters. The van der Waals surface area contributed by atoms with Crippen LogP contribution in [-0.4, -0.2) is 29.4 Å². The first-order valence-corrected chi connectivity index (χ1v) is 7.46. The van der Waals surface area contributed by atoms with Crippen molar-refractivity contribution in [2.75, 3.05) is 11.5 Å². The zero-order valence-corrected chi connectivity index (χ0v) is 13.3. The molecule has 21 heavy (non-hydrogen) atoms. The van der Waals surface area contributed by atoms with Gasteiger partial charge in [-0.3, -0.25) is 4.79 Å². The van der Waals surface area contributed by atoms with Crippen molar-refractivity contribution in [3.8, 4) is 0 Å². The molecule has 0 saturated carbocycles. The summed E-state index contributed by atoms with van der Waals surface area (Å²) in [6.07, 6.45) is 0.555. The summed E-state index contributed by atoms with van der Waals surface area (Å²) in [5.74, 6) is -0.707. The number of nitrogens with zero attached hydrogens (tertiary/aromatic N) is 1. The summed E-state index contributed by atoms with van der Waals surface area (Å²) in [6.45, 7) is 5.39. The van der Waals surface area contributed by atoms with Gasteiger partial charge >= 0.3 is 5.97 Å². The Morgan fingerprint density at radius 2 is 2.10 bits per heavy atom. The number of ketones is 1. The maximum absolute atomic E-state index is 12.2. The second-order valence-corrected chi connectivity index (χ2v) is 5.56. The second-order valence-electron chi connectivity index (χ2n) is 5.14. The molecular weight excluding hydrogens is 286 g/mol. The number of hydrogen-bond donors (Lipinski definition) is 0. The number of carbonyl (C=O) groups excluding carboxylic acids is 2. The maximum atomic E-state index is 12.2. The SMILES string of the molecule is CCOC(=O)C1Cc2ccccc2N1C(=S)C(C)C(C)=O. The van der Waals surface area contributed by atoms with E-state index in [-0.39, 0.29) is 11.8 Å². The van der Waals surface area contributed by atoms with E-state index in [2.05, 4.69) is 0 Å². The molecule has 0 bridgehead atoms. The van der Waals surface area contributed by atoms with Crippen molar-refractivity contribution in [3.05, 3.63) is 29.8 Å². The lowest BCUT2D eigenvalue weighted by Gasteiger charge is -2.28. The lowest BCUT2D eigenvalue weighted by molar-refractivity contribution is -0.144. The molecule has 5 heteroatoms. The Balaban J connectivity index is 2.38. The molecule has 1 aliphatic heterocycles. The van der Waals surface area contributed by atoms with Crippen LogP contribution < -0.4 is 4.90 Å². The maximum Gasteiger partial charge on any atom is 0.329 e. The summed E-state index contributed by atoms with van der Waals surface area (Å²) in [5.41, 5.74) is 1.95. The van der Waals surface area contributed by atoms with E-state index in [1.165, 1.54) is 6.92 Å². The van der Waals surface area contributed by atoms with Crippen LogP contribution in [0.4, 0.5) is 5.69 Å². The van der Waals surface area contributed by atoms with E-state index in [1.54, 1.807) is 18.7 Å². The first-order valence-electron chi connectivity index (χ1n) is 7.05. The molecule has 1 aromatic carbocycles. The van der Waals surface area contributed by atoms with Crippen LogP contribution in [-0.2, 0) is 20.7 Å². The Bertz CT molecular complexity index is 585. The Kier molecular flexibility index (Phi) is 4.73. The number of benzene rings is 1. The number of hydrogen-bond acceptors (Lipinski definition) is 4. The summed E-state index contributed by atoms with van der Waals surface area (Å²) < 4.78 is 5.15. The number of ether oxygens (including phenoxy) is 1. The quantitative estimate of drug-likeness (QED) is 0.632. The van der Waals surface area contributed by atoms with Crippen LogP contribution in [0.15, 0.2) is 24.3 Å². The summed E-state index contributed by atoms with van der Waals surface area (Å²) >= 11 is 5.47. The van der Waals surface area contributed by atoms with Gasteiger partial charge in [0.25, 0.3) is 0 Å². The third-order valence-corrected chi connectivity index (χ3v) is 4.30. The van der Waals surface area contributed by atoms with E-state index in [4.69, 9.17) is 17.0 Å². The monoisotopic (exact) mass is 305 g/mol. The fourth-order valence-electron chi connectivity index (χ4n) is 2.47. The number of rotatable bonds is 4. The molecule has 4 nitrogen and oxygen atoms in total. The molecule has 0 aliphatic carbocycles. The van der Waals surface area contributed by atoms with Gasteiger partial charge in [-0.25, -0.2) is 4.79 Å². The lowest BCUT2D eigenvalue weighted by Crippen LogP contribution is -2.46. The number of fused-ring (bicyclic) bond motifs is 1. The molecule has 2 unspecified atom stereocenters. The molecule has 0 radical (unpaired) electrons. The molecule has 0 fully saturated rings. The van der Waals surface area contributed by atoms with Gasteiger partial charge in [-0.2, -0.15) is 0 Å². The van der Waals surface area contributed by atoms with Crippen LogP contribution in [0.1, 0.15) is 26.3 Å². The zero-order valence-electron chi connectivity index (χ0n) is 12.5. The number of thiocarbonyl (C=S) groups is 1. The smallest absolute Gasteiger partial charge is 0.329 e. The van der Waals surface area contributed by atoms with Crippen LogP contribution in [0.2, 0.25) is 0 Å². The van der Waals surface area contributed by atoms with E-state index in [0.29, 0.717) is 18.0 Å². The van der Waals surface area contributed by atoms with Crippen LogP contribution >= 0.6 is 12.2 Å². The van der Waals surface area contributed by atoms with Gasteiger partial charge in [-0.05, 0) is 32.4 Å². The number of Topliss-reactive ketones (excluding diaryl/α,β-unsaturated/α-hetero) is 1. The normalized spacial score (nSPS) is 18.0. The van der Waals surface area contributed by atoms with E-state index >= 15 is 0 Å². The van der Waals surface area contributed by atoms with Crippen LogP contribution in [0.5, 0.6) is 0 Å². The van der Waals surface area contributed by atoms with Gasteiger partial charge < -0.3 is 9.64 Å². The molecule has 0 N–H and O–H groups in total. The highest BCUT2D eigenvalue weighted by molar-refractivity contribution is 7.80. The van der Waals surface area contributed by atoms with Crippen molar-refractivity contribution >= 4 is 34.6 Å². The van der Waals surface area contributed by atoms with Gasteiger partial charge in [0.1, 0.15) is 11.8 Å². The van der Waals surface area contributed by atoms with Gasteiger partial charge in [-0.1, -0.05) is 30.4 Å². The van der Waals surface area contributed by atoms with Crippen molar-refractivity contribution in [1.29, 1.82) is 0 Å². The van der Waals surface area contributed by atoms with E-state index in [9.17, 15) is 9.59 Å². The third-order valence-electron chi connectivity index (χ3n) is 3.75. The highest BCUT2D eigenvalue weighted by Crippen LogP contribution is 2.34. The molecule has 0 spiro atoms. The first-order chi connectivity index (χ1) is 9.97. The minimum atomic E-state index is -0.475. The fraction of sp³-hybridized carbons (Fsp3) is 0.438. The Morgan fingerprint density at radius 1 is 1.43 bits per heavy atom. The Hall–Kier alpha value is -1.75. The van der Waals surface area contributed by atoms with Crippen molar-refractivity contribution in [1.82, 2.24) is 0 Å². The summed E-state index contributed by atoms with van der Waals surface area (Å²) in [7, 11) is 0. The highest BCUT2D eigenvalue weighted by Gasteiger charge is 2.39. The van der Waals surface area contributed by atoms with Gasteiger partial charge in [0.15, 0.2) is 0 Å². The van der Waals surface area contributed by atoms with Crippen molar-refractivity contribution < 1.29 is 14.3 Å². The highest BCUT2D eigenvalue weighted by atomic mass is 32.1. The largest absolute Gasteiger partial charge is 0.464 e. The molecule has 1 aliphatic rings. The molecule has 0 amide bonds. The van der Waals surface area contributed by atoms with Gasteiger partial charge in [0.2, 0.25) is 0 Å². The average molecular weight is 305 g/mol. The van der Waals surface area contributed by atoms with Crippen molar-refractivity contribution in [2.45, 2.75) is 33.2 Å². The summed E-state index contributed by atoms with van der Waals surface area (Å²) in [6, 6.07) is 7.26. The number of carbonyl (C=O) groups is 2. The van der Waals surface area contributed by atoms with Crippen LogP contribution in [0.3, 0.4) is 0 Å². The Labute approximate surface area is 130 Å². The van der Waals surface area contributed by atoms with E-state index in [0.717, 1.165) is 11.3 Å². The van der Waals surface area contributed by atoms with Gasteiger partial charge in [-0.15, -0.1) is 0 Å². The molecule has 112 valence electrons. The molecule has 2 rings (SSSR count). The van der Waals surface area contributed by atoms with Crippen LogP contribution in [0.25, 0.3) is 0 Å². The van der Waals surface area contributed by atoms with Crippen LogP contribution in [0, 0.1) is 5.92 Å². The van der Waals surface area contributed by atoms with Crippen molar-refractivity contribution in [2.24, 2.45) is 5.92 Å². The minimum absolute atomic E-state index is 0.00742. The zero-order chi connectivity index (χ0) is 15.6. The predicted octanol–water partition coefficient (Wildman–Crippen LogP) is 2.53. The van der Waals surface area contributed by atoms with Gasteiger partial charge in [0.05, 0.1) is 17.5 Å². The van der Waals surface area contributed by atoms with Gasteiger partial charge in [0, 0.05) is 12.1 Å². The lowest BCUT2D eigenvalue weighted by atomic mass is 10.1. The summed E-state index contributed by atoms with van der Waals surface area (Å²) in [5, 5.41) is 0. The Morgan fingerprint density at radius 3 is 2.71 bits per heavy atom. The molecule has 1 aromatic rings. The van der Waals surface area contributed by atoms with Crippen molar-refractivity contribution in [3.63, 3.8) is 0 Å². The molecule has 0 aromatic heterocycles. The number of esters is 1. The number of para-hydroxylation sites is 1. The minimum Gasteiger partial charge on any atom is -0.464 e. The second kappa shape index (κ2) is 6.35. The molecule has 0 saturated heterocycles. The van der Waals surface area contributed by atoms with E-state index < -0.39 is 12.0 Å². The topological polar surface area (TPSA) is 46.6 Å². The number of anilines is 1.